The lowest BCUT2D eigenvalue weighted by Crippen LogP contribution is -2.42. The highest BCUT2D eigenvalue weighted by molar-refractivity contribution is 5.39. The van der Waals surface area contributed by atoms with E-state index in [1.807, 2.05) is 0 Å². The maximum atomic E-state index is 13.3. The lowest BCUT2D eigenvalue weighted by Gasteiger charge is -2.41. The molecule has 2 N–H and O–H groups in total. The molecular weight excluding hydrogens is 229 g/mol. The van der Waals surface area contributed by atoms with Gasteiger partial charge in [0.2, 0.25) is 0 Å². The van der Waals surface area contributed by atoms with Crippen LogP contribution in [-0.4, -0.2) is 5.60 Å². The number of benzene rings is 1. The Bertz CT molecular complexity index is 438. The molecule has 1 aliphatic carbocycles. The van der Waals surface area contributed by atoms with Crippen molar-refractivity contribution < 1.29 is 9.13 Å². The van der Waals surface area contributed by atoms with Crippen LogP contribution in [0.2, 0.25) is 0 Å². The van der Waals surface area contributed by atoms with Crippen LogP contribution in [-0.2, 0) is 0 Å². The fraction of sp³-hybridized carbons (Fsp3) is 0.600. The van der Waals surface area contributed by atoms with Crippen LogP contribution in [0.5, 0.6) is 5.75 Å². The van der Waals surface area contributed by atoms with Gasteiger partial charge in [0.15, 0.2) is 0 Å². The van der Waals surface area contributed by atoms with Gasteiger partial charge >= 0.3 is 0 Å². The van der Waals surface area contributed by atoms with Crippen LogP contribution >= 0.6 is 0 Å². The Balaban J connectivity index is 1.92. The van der Waals surface area contributed by atoms with Crippen molar-refractivity contribution in [2.45, 2.75) is 56.6 Å². The number of rotatable bonds is 0. The first kappa shape index (κ1) is 12.0. The van der Waals surface area contributed by atoms with Crippen molar-refractivity contribution in [3.8, 4) is 5.75 Å². The van der Waals surface area contributed by atoms with Crippen molar-refractivity contribution in [1.82, 2.24) is 0 Å². The molecule has 18 heavy (non-hydrogen) atoms. The Hall–Kier alpha value is -1.09. The molecule has 1 aromatic rings. The summed E-state index contributed by atoms with van der Waals surface area (Å²) in [6.07, 6.45) is 7.98. The van der Waals surface area contributed by atoms with Crippen LogP contribution in [0.15, 0.2) is 18.2 Å². The number of hydrogen-bond donors (Lipinski definition) is 1. The van der Waals surface area contributed by atoms with Crippen LogP contribution in [0.1, 0.15) is 56.6 Å². The van der Waals surface area contributed by atoms with Crippen LogP contribution in [0.3, 0.4) is 0 Å². The topological polar surface area (TPSA) is 35.2 Å². The Morgan fingerprint density at radius 1 is 1.17 bits per heavy atom. The SMILES string of the molecule is N[C@H]1CC2(CCCCCC2)Oc2ccc(F)cc21. The second-order valence-corrected chi connectivity index (χ2v) is 5.69. The molecule has 1 saturated carbocycles. The van der Waals surface area contributed by atoms with E-state index in [1.54, 1.807) is 6.07 Å². The van der Waals surface area contributed by atoms with Gasteiger partial charge in [0.05, 0.1) is 0 Å². The first-order valence-corrected chi connectivity index (χ1v) is 6.93. The maximum absolute atomic E-state index is 13.3. The highest BCUT2D eigenvalue weighted by atomic mass is 19.1. The van der Waals surface area contributed by atoms with Crippen LogP contribution < -0.4 is 10.5 Å². The second kappa shape index (κ2) is 4.54. The van der Waals surface area contributed by atoms with Gasteiger partial charge in [-0.15, -0.1) is 0 Å². The van der Waals surface area contributed by atoms with E-state index < -0.39 is 0 Å². The standard InChI is InChI=1S/C15H20FNO/c16-11-5-6-14-12(9-11)13(17)10-15(18-14)7-3-1-2-4-8-15/h5-6,9,13H,1-4,7-8,10,17H2/t13-/m0/s1. The molecule has 1 aliphatic heterocycles. The molecule has 0 bridgehead atoms. The minimum atomic E-state index is -0.232. The summed E-state index contributed by atoms with van der Waals surface area (Å²) >= 11 is 0. The highest BCUT2D eigenvalue weighted by Gasteiger charge is 2.39. The lowest BCUT2D eigenvalue weighted by molar-refractivity contribution is 0.0211. The van der Waals surface area contributed by atoms with E-state index in [9.17, 15) is 4.39 Å². The summed E-state index contributed by atoms with van der Waals surface area (Å²) in [5, 5.41) is 0. The molecule has 1 heterocycles. The van der Waals surface area contributed by atoms with Gasteiger partial charge in [0.25, 0.3) is 0 Å². The summed E-state index contributed by atoms with van der Waals surface area (Å²) in [5.41, 5.74) is 6.95. The summed E-state index contributed by atoms with van der Waals surface area (Å²) in [5.74, 6) is 0.557. The summed E-state index contributed by atoms with van der Waals surface area (Å²) in [4.78, 5) is 0. The van der Waals surface area contributed by atoms with Crippen LogP contribution in [0.25, 0.3) is 0 Å². The Labute approximate surface area is 107 Å². The summed E-state index contributed by atoms with van der Waals surface area (Å²) in [7, 11) is 0. The molecule has 0 amide bonds. The van der Waals surface area contributed by atoms with E-state index in [4.69, 9.17) is 10.5 Å². The number of fused-ring (bicyclic) bond motifs is 1. The Kier molecular flexibility index (Phi) is 3.02. The number of nitrogens with two attached hydrogens (primary N) is 1. The van der Waals surface area contributed by atoms with E-state index >= 15 is 0 Å². The zero-order valence-electron chi connectivity index (χ0n) is 10.6. The molecule has 3 heteroatoms. The fourth-order valence-corrected chi connectivity index (χ4v) is 3.37. The van der Waals surface area contributed by atoms with Crippen molar-refractivity contribution in [1.29, 1.82) is 0 Å². The van der Waals surface area contributed by atoms with E-state index in [-0.39, 0.29) is 17.5 Å². The zero-order chi connectivity index (χ0) is 12.6. The molecule has 1 atom stereocenters. The van der Waals surface area contributed by atoms with Crippen molar-refractivity contribution in [3.05, 3.63) is 29.6 Å². The molecule has 0 aromatic heterocycles. The third kappa shape index (κ3) is 2.12. The van der Waals surface area contributed by atoms with Gasteiger partial charge in [0, 0.05) is 18.0 Å². The van der Waals surface area contributed by atoms with Crippen molar-refractivity contribution in [2.75, 3.05) is 0 Å². The number of halogens is 1. The Morgan fingerprint density at radius 3 is 2.61 bits per heavy atom. The molecule has 1 spiro atoms. The highest BCUT2D eigenvalue weighted by Crippen LogP contribution is 2.44. The van der Waals surface area contributed by atoms with E-state index in [2.05, 4.69) is 0 Å². The van der Waals surface area contributed by atoms with Crippen molar-refractivity contribution in [2.24, 2.45) is 5.73 Å². The predicted octanol–water partition coefficient (Wildman–Crippen LogP) is 3.70. The molecule has 98 valence electrons. The Morgan fingerprint density at radius 2 is 1.89 bits per heavy atom. The van der Waals surface area contributed by atoms with Gasteiger partial charge in [0.1, 0.15) is 17.2 Å². The average molecular weight is 249 g/mol. The minimum Gasteiger partial charge on any atom is -0.487 e. The zero-order valence-corrected chi connectivity index (χ0v) is 10.6. The fourth-order valence-electron chi connectivity index (χ4n) is 3.37. The number of hydrogen-bond acceptors (Lipinski definition) is 2. The lowest BCUT2D eigenvalue weighted by atomic mass is 9.82. The smallest absolute Gasteiger partial charge is 0.125 e. The summed E-state index contributed by atoms with van der Waals surface area (Å²) < 4.78 is 19.5. The van der Waals surface area contributed by atoms with Crippen LogP contribution in [0.4, 0.5) is 4.39 Å². The van der Waals surface area contributed by atoms with E-state index in [0.717, 1.165) is 30.6 Å². The van der Waals surface area contributed by atoms with Crippen LogP contribution in [0, 0.1) is 5.82 Å². The molecule has 1 aromatic carbocycles. The third-order valence-corrected chi connectivity index (χ3v) is 4.30. The molecule has 2 nitrogen and oxygen atoms in total. The largest absolute Gasteiger partial charge is 0.487 e. The molecule has 0 saturated heterocycles. The molecule has 0 unspecified atom stereocenters. The van der Waals surface area contributed by atoms with Gasteiger partial charge in [-0.25, -0.2) is 4.39 Å². The molecule has 2 aliphatic rings. The second-order valence-electron chi connectivity index (χ2n) is 5.69. The third-order valence-electron chi connectivity index (χ3n) is 4.30. The monoisotopic (exact) mass is 249 g/mol. The van der Waals surface area contributed by atoms with Gasteiger partial charge in [-0.1, -0.05) is 12.8 Å². The molecule has 1 fully saturated rings. The first-order valence-electron chi connectivity index (χ1n) is 6.93. The van der Waals surface area contributed by atoms with Crippen molar-refractivity contribution in [3.63, 3.8) is 0 Å². The predicted molar refractivity (Wildman–Crippen MR) is 69.0 cm³/mol. The molecular formula is C15H20FNO. The maximum Gasteiger partial charge on any atom is 0.125 e. The molecule has 0 radical (unpaired) electrons. The van der Waals surface area contributed by atoms with Gasteiger partial charge in [-0.05, 0) is 43.9 Å². The first-order chi connectivity index (χ1) is 8.69. The summed E-state index contributed by atoms with van der Waals surface area (Å²) in [6, 6.07) is 4.61. The average Bonchev–Trinajstić information content (AvgIpc) is 2.56. The normalized spacial score (nSPS) is 26.2. The van der Waals surface area contributed by atoms with E-state index in [0.29, 0.717) is 0 Å². The minimum absolute atomic E-state index is 0.0949. The van der Waals surface area contributed by atoms with E-state index in [1.165, 1.54) is 37.8 Å². The van der Waals surface area contributed by atoms with Crippen molar-refractivity contribution >= 4 is 0 Å². The van der Waals surface area contributed by atoms with Gasteiger partial charge < -0.3 is 10.5 Å². The summed E-state index contributed by atoms with van der Waals surface area (Å²) in [6.45, 7) is 0. The van der Waals surface area contributed by atoms with Gasteiger partial charge in [-0.3, -0.25) is 0 Å². The molecule has 3 rings (SSSR count). The number of ether oxygens (including phenoxy) is 1. The quantitative estimate of drug-likeness (QED) is 0.761. The van der Waals surface area contributed by atoms with Gasteiger partial charge in [-0.2, -0.15) is 0 Å².